The molecule has 3 nitrogen and oxygen atoms in total. The Balaban J connectivity index is 2.17. The third-order valence-corrected chi connectivity index (χ3v) is 1.29. The second-order valence-corrected chi connectivity index (χ2v) is 1.83. The van der Waals surface area contributed by atoms with Crippen molar-refractivity contribution in [2.45, 2.75) is 6.17 Å². The van der Waals surface area contributed by atoms with Crippen molar-refractivity contribution in [2.75, 3.05) is 0 Å². The molecule has 0 aromatic carbocycles. The molecule has 0 spiro atoms. The van der Waals surface area contributed by atoms with Gasteiger partial charge in [0.05, 0.1) is 0 Å². The van der Waals surface area contributed by atoms with Gasteiger partial charge in [0.25, 0.3) is 0 Å². The van der Waals surface area contributed by atoms with Crippen LogP contribution >= 0.6 is 0 Å². The van der Waals surface area contributed by atoms with Gasteiger partial charge in [-0.2, -0.15) is 5.53 Å². The fraction of sp³-hybridized carbons (Fsp3) is 0.200. The van der Waals surface area contributed by atoms with Crippen molar-refractivity contribution in [1.82, 2.24) is 16.0 Å². The first-order chi connectivity index (χ1) is 3.97. The molecule has 0 bridgehead atoms. The van der Waals surface area contributed by atoms with Crippen LogP contribution in [0.25, 0.3) is 0 Å². The van der Waals surface area contributed by atoms with E-state index in [0.29, 0.717) is 6.17 Å². The number of rotatable bonds is 0. The van der Waals surface area contributed by atoms with E-state index in [2.05, 4.69) is 17.0 Å². The summed E-state index contributed by atoms with van der Waals surface area (Å²) < 4.78 is 0. The van der Waals surface area contributed by atoms with Gasteiger partial charge in [0.1, 0.15) is 6.17 Å². The van der Waals surface area contributed by atoms with Crippen LogP contribution < -0.4 is 11.0 Å². The molecule has 8 heavy (non-hydrogen) atoms. The van der Waals surface area contributed by atoms with Crippen LogP contribution in [0.15, 0.2) is 24.4 Å². The zero-order valence-corrected chi connectivity index (χ0v) is 4.33. The van der Waals surface area contributed by atoms with Crippen molar-refractivity contribution in [3.05, 3.63) is 24.4 Å². The molecule has 0 radical (unpaired) electrons. The molecule has 2 aliphatic heterocycles. The number of hydrogen-bond acceptors (Lipinski definition) is 3. The smallest absolute Gasteiger partial charge is 0.128 e. The SMILES string of the molecule is C1=CC2NNN2C=C1. The summed E-state index contributed by atoms with van der Waals surface area (Å²) in [7, 11) is 0. The first-order valence-corrected chi connectivity index (χ1v) is 2.61. The molecule has 2 heterocycles. The molecule has 1 unspecified atom stereocenters. The second kappa shape index (κ2) is 1.34. The van der Waals surface area contributed by atoms with E-state index in [0.717, 1.165) is 0 Å². The zero-order valence-electron chi connectivity index (χ0n) is 4.33. The van der Waals surface area contributed by atoms with Crippen molar-refractivity contribution in [3.8, 4) is 0 Å². The van der Waals surface area contributed by atoms with Gasteiger partial charge in [-0.1, -0.05) is 6.08 Å². The summed E-state index contributed by atoms with van der Waals surface area (Å²) >= 11 is 0. The number of fused-ring (bicyclic) bond motifs is 1. The van der Waals surface area contributed by atoms with E-state index in [1.54, 1.807) is 0 Å². The summed E-state index contributed by atoms with van der Waals surface area (Å²) in [4.78, 5) is 0. The lowest BCUT2D eigenvalue weighted by Gasteiger charge is -2.40. The highest BCUT2D eigenvalue weighted by Gasteiger charge is 2.21. The second-order valence-electron chi connectivity index (χ2n) is 1.83. The molecule has 0 aromatic heterocycles. The number of hydrogen-bond donors (Lipinski definition) is 2. The van der Waals surface area contributed by atoms with E-state index < -0.39 is 0 Å². The minimum absolute atomic E-state index is 0.389. The van der Waals surface area contributed by atoms with Gasteiger partial charge in [-0.15, -0.1) is 0 Å². The lowest BCUT2D eigenvalue weighted by Crippen LogP contribution is -2.68. The first kappa shape index (κ1) is 4.12. The Morgan fingerprint density at radius 1 is 1.38 bits per heavy atom. The van der Waals surface area contributed by atoms with Gasteiger partial charge in [0, 0.05) is 6.20 Å². The first-order valence-electron chi connectivity index (χ1n) is 2.61. The molecule has 3 heteroatoms. The average molecular weight is 109 g/mol. The van der Waals surface area contributed by atoms with Crippen LogP contribution in [-0.4, -0.2) is 11.2 Å². The summed E-state index contributed by atoms with van der Waals surface area (Å²) in [5, 5.41) is 1.99. The standard InChI is InChI=1S/C5H7N3/c1-2-4-8-5(3-1)6-7-8/h1-7H. The molecule has 1 fully saturated rings. The minimum atomic E-state index is 0.389. The summed E-state index contributed by atoms with van der Waals surface area (Å²) in [5.41, 5.74) is 5.88. The Labute approximate surface area is 47.6 Å². The molecule has 2 rings (SSSR count). The van der Waals surface area contributed by atoms with Crippen molar-refractivity contribution < 1.29 is 0 Å². The highest BCUT2D eigenvalue weighted by atomic mass is 15.8. The Morgan fingerprint density at radius 3 is 2.75 bits per heavy atom. The van der Waals surface area contributed by atoms with Crippen LogP contribution in [0.3, 0.4) is 0 Å². The third kappa shape index (κ3) is 0.397. The Kier molecular flexibility index (Phi) is 0.688. The predicted molar refractivity (Wildman–Crippen MR) is 30.2 cm³/mol. The molecule has 1 atom stereocenters. The van der Waals surface area contributed by atoms with E-state index in [9.17, 15) is 0 Å². The largest absolute Gasteiger partial charge is 0.280 e. The van der Waals surface area contributed by atoms with Crippen molar-refractivity contribution in [2.24, 2.45) is 0 Å². The van der Waals surface area contributed by atoms with Gasteiger partial charge in [-0.3, -0.25) is 5.01 Å². The van der Waals surface area contributed by atoms with Crippen LogP contribution in [0.5, 0.6) is 0 Å². The maximum absolute atomic E-state index is 2.99. The summed E-state index contributed by atoms with van der Waals surface area (Å²) in [5.74, 6) is 0. The Morgan fingerprint density at radius 2 is 2.38 bits per heavy atom. The number of nitrogens with one attached hydrogen (secondary N) is 2. The van der Waals surface area contributed by atoms with Crippen LogP contribution in [0, 0.1) is 0 Å². The van der Waals surface area contributed by atoms with E-state index in [1.165, 1.54) is 0 Å². The molecule has 1 saturated heterocycles. The summed E-state index contributed by atoms with van der Waals surface area (Å²) in [6, 6.07) is 0. The van der Waals surface area contributed by atoms with Crippen LogP contribution in [0.4, 0.5) is 0 Å². The van der Waals surface area contributed by atoms with Crippen LogP contribution in [0.1, 0.15) is 0 Å². The van der Waals surface area contributed by atoms with Crippen molar-refractivity contribution in [1.29, 1.82) is 0 Å². The highest BCUT2D eigenvalue weighted by molar-refractivity contribution is 5.13. The molecule has 42 valence electrons. The summed E-state index contributed by atoms with van der Waals surface area (Å²) in [6.07, 6.45) is 8.47. The topological polar surface area (TPSA) is 27.3 Å². The maximum atomic E-state index is 2.99. The molecular weight excluding hydrogens is 102 g/mol. The average Bonchev–Trinajstić information content (AvgIpc) is 1.72. The van der Waals surface area contributed by atoms with Gasteiger partial charge in [-0.25, -0.2) is 5.43 Å². The molecule has 0 saturated carbocycles. The number of nitrogens with zero attached hydrogens (tertiary/aromatic N) is 1. The minimum Gasteiger partial charge on any atom is -0.280 e. The van der Waals surface area contributed by atoms with Crippen LogP contribution in [-0.2, 0) is 0 Å². The Hall–Kier alpha value is -0.800. The molecule has 2 N–H and O–H groups in total. The predicted octanol–water partition coefficient (Wildman–Crippen LogP) is -0.279. The van der Waals surface area contributed by atoms with Gasteiger partial charge in [0.15, 0.2) is 0 Å². The van der Waals surface area contributed by atoms with Gasteiger partial charge >= 0.3 is 0 Å². The van der Waals surface area contributed by atoms with Crippen LogP contribution in [0.2, 0.25) is 0 Å². The van der Waals surface area contributed by atoms with Gasteiger partial charge in [-0.05, 0) is 12.2 Å². The monoisotopic (exact) mass is 109 g/mol. The third-order valence-electron chi connectivity index (χ3n) is 1.29. The number of hydrazine groups is 2. The fourth-order valence-corrected chi connectivity index (χ4v) is 0.796. The molecule has 0 amide bonds. The molecule has 2 aliphatic rings. The van der Waals surface area contributed by atoms with E-state index in [1.807, 2.05) is 23.4 Å². The number of allylic oxidation sites excluding steroid dienone is 2. The quantitative estimate of drug-likeness (QED) is 0.448. The lowest BCUT2D eigenvalue weighted by molar-refractivity contribution is 0.0312. The normalized spacial score (nSPS) is 32.0. The van der Waals surface area contributed by atoms with Crippen molar-refractivity contribution in [3.63, 3.8) is 0 Å². The maximum Gasteiger partial charge on any atom is 0.128 e. The molecular formula is C5H7N3. The summed E-state index contributed by atoms with van der Waals surface area (Å²) in [6.45, 7) is 0. The zero-order chi connectivity index (χ0) is 5.40. The van der Waals surface area contributed by atoms with E-state index in [-0.39, 0.29) is 0 Å². The molecule has 0 aliphatic carbocycles. The fourth-order valence-electron chi connectivity index (χ4n) is 0.796. The van der Waals surface area contributed by atoms with E-state index >= 15 is 0 Å². The highest BCUT2D eigenvalue weighted by Crippen LogP contribution is 2.06. The molecule has 0 aromatic rings. The van der Waals surface area contributed by atoms with Gasteiger partial charge in [0.2, 0.25) is 0 Å². The lowest BCUT2D eigenvalue weighted by atomic mass is 10.3. The Bertz CT molecular complexity index is 132. The van der Waals surface area contributed by atoms with Gasteiger partial charge < -0.3 is 0 Å². The van der Waals surface area contributed by atoms with Crippen molar-refractivity contribution >= 4 is 0 Å². The van der Waals surface area contributed by atoms with E-state index in [4.69, 9.17) is 0 Å².